The molecule has 0 fully saturated rings. The summed E-state index contributed by atoms with van der Waals surface area (Å²) in [4.78, 5) is 19.9. The maximum Gasteiger partial charge on any atom is 0.450 e. The Hall–Kier alpha value is -0.338. The van der Waals surface area contributed by atoms with E-state index in [1.807, 2.05) is 0 Å². The standard InChI is InChI=1S/C5H5F3O2.Al.3H/c1-3(9)2-4(10)5(6,7)8;;;;/h2H2,1H3;;;;. The SMILES string of the molecule is CC(=O)CC(=O)C(F)(F)F.[AlH3]. The zero-order chi connectivity index (χ0) is 8.36. The lowest BCUT2D eigenvalue weighted by atomic mass is 10.2. The number of Topliss-reactive ketones (excluding diaryl/α,β-unsaturated/α-hetero) is 2. The van der Waals surface area contributed by atoms with Gasteiger partial charge in [0.05, 0.1) is 6.42 Å². The summed E-state index contributed by atoms with van der Waals surface area (Å²) in [6.45, 7) is 0.934. The smallest absolute Gasteiger partial charge is 0.300 e. The van der Waals surface area contributed by atoms with Gasteiger partial charge in [0.25, 0.3) is 0 Å². The Bertz CT molecular complexity index is 164. The van der Waals surface area contributed by atoms with Gasteiger partial charge in [-0.05, 0) is 6.92 Å². The molecule has 0 bridgehead atoms. The fraction of sp³-hybridized carbons (Fsp3) is 0.600. The predicted octanol–water partition coefficient (Wildman–Crippen LogP) is -0.0870. The van der Waals surface area contributed by atoms with Gasteiger partial charge in [0, 0.05) is 0 Å². The Morgan fingerprint density at radius 2 is 1.64 bits per heavy atom. The molecule has 0 aliphatic carbocycles. The first-order valence-corrected chi connectivity index (χ1v) is 2.43. The van der Waals surface area contributed by atoms with Crippen molar-refractivity contribution in [3.8, 4) is 0 Å². The van der Waals surface area contributed by atoms with Crippen LogP contribution in [0.2, 0.25) is 0 Å². The number of hydrogen-bond acceptors (Lipinski definition) is 2. The average Bonchev–Trinajstić information content (AvgIpc) is 1.60. The van der Waals surface area contributed by atoms with Crippen molar-refractivity contribution in [1.29, 1.82) is 0 Å². The summed E-state index contributed by atoms with van der Waals surface area (Å²) in [6, 6.07) is 0. The van der Waals surface area contributed by atoms with E-state index in [2.05, 4.69) is 0 Å². The summed E-state index contributed by atoms with van der Waals surface area (Å²) in [5.74, 6) is -2.76. The zero-order valence-corrected chi connectivity index (χ0v) is 5.16. The van der Waals surface area contributed by atoms with Crippen LogP contribution in [0.25, 0.3) is 0 Å². The van der Waals surface area contributed by atoms with Gasteiger partial charge in [-0.1, -0.05) is 0 Å². The van der Waals surface area contributed by atoms with Gasteiger partial charge in [-0.15, -0.1) is 0 Å². The second-order valence-electron chi connectivity index (χ2n) is 1.80. The van der Waals surface area contributed by atoms with Gasteiger partial charge in [-0.3, -0.25) is 9.59 Å². The van der Waals surface area contributed by atoms with Crippen molar-refractivity contribution in [2.24, 2.45) is 0 Å². The Morgan fingerprint density at radius 3 is 1.73 bits per heavy atom. The number of carbonyl (C=O) groups is 2. The van der Waals surface area contributed by atoms with Gasteiger partial charge in [0.15, 0.2) is 17.4 Å². The lowest BCUT2D eigenvalue weighted by molar-refractivity contribution is -0.171. The first kappa shape index (κ1) is 13.3. The van der Waals surface area contributed by atoms with Crippen molar-refractivity contribution in [1.82, 2.24) is 0 Å². The van der Waals surface area contributed by atoms with E-state index in [-0.39, 0.29) is 17.4 Å². The zero-order valence-electron chi connectivity index (χ0n) is 5.16. The lowest BCUT2D eigenvalue weighted by Gasteiger charge is -2.00. The van der Waals surface area contributed by atoms with Crippen LogP contribution in [0, 0.1) is 0 Å². The topological polar surface area (TPSA) is 34.1 Å². The first-order valence-electron chi connectivity index (χ1n) is 2.43. The van der Waals surface area contributed by atoms with Crippen LogP contribution in [0.3, 0.4) is 0 Å². The minimum Gasteiger partial charge on any atom is -0.300 e. The second kappa shape index (κ2) is 4.52. The van der Waals surface area contributed by atoms with E-state index < -0.39 is 24.2 Å². The molecule has 64 valence electrons. The maximum absolute atomic E-state index is 11.3. The predicted molar refractivity (Wildman–Crippen MR) is 36.3 cm³/mol. The number of alkyl halides is 3. The van der Waals surface area contributed by atoms with Crippen molar-refractivity contribution >= 4 is 28.9 Å². The van der Waals surface area contributed by atoms with Crippen LogP contribution in [0.15, 0.2) is 0 Å². The summed E-state index contributed by atoms with van der Waals surface area (Å²) >= 11 is 0. The molecule has 2 nitrogen and oxygen atoms in total. The minimum absolute atomic E-state index is 0. The molecule has 0 atom stereocenters. The third kappa shape index (κ3) is 6.08. The van der Waals surface area contributed by atoms with E-state index in [9.17, 15) is 22.8 Å². The Kier molecular flexibility index (Phi) is 5.45. The molecule has 6 heteroatoms. The summed E-state index contributed by atoms with van der Waals surface area (Å²) in [5, 5.41) is 0. The van der Waals surface area contributed by atoms with Gasteiger partial charge < -0.3 is 0 Å². The van der Waals surface area contributed by atoms with Crippen molar-refractivity contribution < 1.29 is 22.8 Å². The fourth-order valence-corrected chi connectivity index (χ4v) is 0.326. The lowest BCUT2D eigenvalue weighted by Crippen LogP contribution is -2.24. The van der Waals surface area contributed by atoms with Crippen LogP contribution in [0.5, 0.6) is 0 Å². The highest BCUT2D eigenvalue weighted by Gasteiger charge is 2.38. The van der Waals surface area contributed by atoms with Gasteiger partial charge in [-0.2, -0.15) is 13.2 Å². The molecule has 0 saturated carbocycles. The van der Waals surface area contributed by atoms with Gasteiger partial charge in [-0.25, -0.2) is 0 Å². The molecular weight excluding hydrogens is 176 g/mol. The minimum atomic E-state index is -4.87. The molecule has 0 radical (unpaired) electrons. The molecule has 0 heterocycles. The molecule has 0 N–H and O–H groups in total. The molecule has 0 aromatic rings. The highest BCUT2D eigenvalue weighted by Crippen LogP contribution is 2.17. The van der Waals surface area contributed by atoms with Crippen molar-refractivity contribution in [2.45, 2.75) is 19.5 Å². The quantitative estimate of drug-likeness (QED) is 0.444. The summed E-state index contributed by atoms with van der Waals surface area (Å²) in [7, 11) is 0. The molecule has 0 aromatic carbocycles. The Balaban J connectivity index is 0. The Morgan fingerprint density at radius 1 is 1.27 bits per heavy atom. The average molecular weight is 184 g/mol. The van der Waals surface area contributed by atoms with Crippen LogP contribution in [-0.4, -0.2) is 35.1 Å². The molecule has 0 amide bonds. The number of carbonyl (C=O) groups excluding carboxylic acids is 2. The summed E-state index contributed by atoms with van der Waals surface area (Å²) < 4.78 is 33.9. The first-order chi connectivity index (χ1) is 4.34. The molecule has 0 unspecified atom stereocenters. The van der Waals surface area contributed by atoms with E-state index in [0.717, 1.165) is 6.92 Å². The van der Waals surface area contributed by atoms with E-state index in [1.54, 1.807) is 0 Å². The molecular formula is C5H8AlF3O2. The van der Waals surface area contributed by atoms with Crippen molar-refractivity contribution in [2.75, 3.05) is 0 Å². The molecule has 0 rings (SSSR count). The second-order valence-corrected chi connectivity index (χ2v) is 1.80. The normalized spacial score (nSPS) is 10.2. The molecule has 0 aliphatic heterocycles. The third-order valence-electron chi connectivity index (χ3n) is 0.726. The van der Waals surface area contributed by atoms with Crippen molar-refractivity contribution in [3.05, 3.63) is 0 Å². The Labute approximate surface area is 71.9 Å². The molecule has 0 aliphatic rings. The van der Waals surface area contributed by atoms with Gasteiger partial charge in [0.1, 0.15) is 5.78 Å². The van der Waals surface area contributed by atoms with Crippen LogP contribution in [-0.2, 0) is 9.59 Å². The number of hydrogen-bond donors (Lipinski definition) is 0. The van der Waals surface area contributed by atoms with Crippen LogP contribution < -0.4 is 0 Å². The molecule has 0 spiro atoms. The van der Waals surface area contributed by atoms with Crippen LogP contribution in [0.1, 0.15) is 13.3 Å². The number of halogens is 3. The summed E-state index contributed by atoms with van der Waals surface area (Å²) in [5.41, 5.74) is 0. The van der Waals surface area contributed by atoms with E-state index >= 15 is 0 Å². The number of rotatable bonds is 2. The molecule has 11 heavy (non-hydrogen) atoms. The highest BCUT2D eigenvalue weighted by molar-refractivity contribution is 6.00. The fourth-order valence-electron chi connectivity index (χ4n) is 0.326. The van der Waals surface area contributed by atoms with Crippen molar-refractivity contribution in [3.63, 3.8) is 0 Å². The molecule has 0 aromatic heterocycles. The van der Waals surface area contributed by atoms with E-state index in [1.165, 1.54) is 0 Å². The van der Waals surface area contributed by atoms with Gasteiger partial charge >= 0.3 is 6.18 Å². The summed E-state index contributed by atoms with van der Waals surface area (Å²) in [6.07, 6.45) is -5.92. The highest BCUT2D eigenvalue weighted by atomic mass is 27.0. The number of ketones is 2. The maximum atomic E-state index is 11.3. The monoisotopic (exact) mass is 184 g/mol. The van der Waals surface area contributed by atoms with Gasteiger partial charge in [0.2, 0.25) is 5.78 Å². The van der Waals surface area contributed by atoms with E-state index in [4.69, 9.17) is 0 Å². The van der Waals surface area contributed by atoms with E-state index in [0.29, 0.717) is 0 Å². The van der Waals surface area contributed by atoms with Crippen LogP contribution in [0.4, 0.5) is 13.2 Å². The third-order valence-corrected chi connectivity index (χ3v) is 0.726. The largest absolute Gasteiger partial charge is 0.450 e. The molecule has 0 saturated heterocycles. The van der Waals surface area contributed by atoms with Crippen LogP contribution >= 0.6 is 0 Å².